The van der Waals surface area contributed by atoms with Crippen molar-refractivity contribution in [2.24, 2.45) is 0 Å². The van der Waals surface area contributed by atoms with Crippen molar-refractivity contribution >= 4 is 20.0 Å². The van der Waals surface area contributed by atoms with Crippen LogP contribution in [0.25, 0.3) is 0 Å². The van der Waals surface area contributed by atoms with Crippen molar-refractivity contribution in [3.8, 4) is 5.75 Å². The Hall–Kier alpha value is -1.39. The molecule has 0 radical (unpaired) electrons. The number of hydrogen-bond donors (Lipinski definition) is 0. The molecule has 0 aliphatic heterocycles. The summed E-state index contributed by atoms with van der Waals surface area (Å²) in [4.78, 5) is 0.530. The van der Waals surface area contributed by atoms with E-state index in [4.69, 9.17) is 15.4 Å². The molecule has 0 saturated heterocycles. The second-order valence-electron chi connectivity index (χ2n) is 3.66. The Morgan fingerprint density at radius 1 is 1.00 bits per heavy atom. The Labute approximate surface area is 106 Å². The van der Waals surface area contributed by atoms with Gasteiger partial charge in [-0.1, -0.05) is 35.9 Å². The fourth-order valence-electron chi connectivity index (χ4n) is 1.36. The molecule has 2 aromatic carbocycles. The van der Waals surface area contributed by atoms with Crippen LogP contribution in [0, 0.1) is 6.92 Å². The lowest BCUT2D eigenvalue weighted by molar-refractivity contribution is 0.559. The van der Waals surface area contributed by atoms with E-state index in [0.717, 1.165) is 5.56 Å². The molecule has 0 amide bonds. The Balaban J connectivity index is 2.29. The fraction of sp³-hybridized carbons (Fsp3) is 0.0769. The monoisotopic (exact) mass is 264 g/mol. The summed E-state index contributed by atoms with van der Waals surface area (Å²) in [5.41, 5.74) is 1.10. The molecule has 0 N–H and O–H groups in total. The van der Waals surface area contributed by atoms with E-state index in [9.17, 15) is 4.21 Å². The zero-order valence-electron chi connectivity index (χ0n) is 9.33. The van der Waals surface area contributed by atoms with Gasteiger partial charge in [-0.05, 0) is 31.2 Å². The molecule has 0 bridgehead atoms. The van der Waals surface area contributed by atoms with Crippen LogP contribution in [0.2, 0.25) is 0 Å². The topological polar surface area (TPSA) is 26.3 Å². The third-order valence-electron chi connectivity index (χ3n) is 2.26. The van der Waals surface area contributed by atoms with E-state index in [2.05, 4.69) is 0 Å². The lowest BCUT2D eigenvalue weighted by Gasteiger charge is -2.09. The lowest BCUT2D eigenvalue weighted by atomic mass is 10.2. The first-order valence-corrected chi connectivity index (χ1v) is 7.55. The van der Waals surface area contributed by atoms with Crippen molar-refractivity contribution in [2.45, 2.75) is 11.8 Å². The SMILES string of the molecule is Cc1ccc(S(=O)(=S)Oc2ccccc2)cc1. The molecule has 0 aliphatic carbocycles. The van der Waals surface area contributed by atoms with Crippen molar-refractivity contribution in [3.63, 3.8) is 0 Å². The smallest absolute Gasteiger partial charge is 0.215 e. The summed E-state index contributed by atoms with van der Waals surface area (Å²) in [6.07, 6.45) is 0. The second-order valence-corrected chi connectivity index (χ2v) is 6.53. The van der Waals surface area contributed by atoms with Crippen LogP contribution >= 0.6 is 0 Å². The summed E-state index contributed by atoms with van der Waals surface area (Å²) >= 11 is 5.04. The average Bonchev–Trinajstić information content (AvgIpc) is 2.30. The van der Waals surface area contributed by atoms with Crippen LogP contribution in [-0.2, 0) is 20.0 Å². The van der Waals surface area contributed by atoms with Gasteiger partial charge in [-0.3, -0.25) is 0 Å². The van der Waals surface area contributed by atoms with Gasteiger partial charge in [0.2, 0.25) is 8.77 Å². The molecular formula is C13H12O2S2. The maximum absolute atomic E-state index is 12.3. The van der Waals surface area contributed by atoms with Crippen molar-refractivity contribution in [1.29, 1.82) is 0 Å². The molecule has 0 fully saturated rings. The molecule has 0 saturated carbocycles. The molecule has 2 nitrogen and oxygen atoms in total. The Bertz CT molecular complexity index is 587. The van der Waals surface area contributed by atoms with Crippen LogP contribution in [0.15, 0.2) is 59.5 Å². The zero-order chi connectivity index (χ0) is 12.3. The van der Waals surface area contributed by atoms with Gasteiger partial charge >= 0.3 is 0 Å². The second kappa shape index (κ2) is 4.85. The van der Waals surface area contributed by atoms with Gasteiger partial charge < -0.3 is 4.18 Å². The summed E-state index contributed by atoms with van der Waals surface area (Å²) < 4.78 is 17.6. The predicted molar refractivity (Wildman–Crippen MR) is 72.0 cm³/mol. The molecule has 0 spiro atoms. The fourth-order valence-corrected chi connectivity index (χ4v) is 2.85. The first-order valence-electron chi connectivity index (χ1n) is 5.14. The molecule has 17 heavy (non-hydrogen) atoms. The van der Waals surface area contributed by atoms with Crippen molar-refractivity contribution < 1.29 is 8.39 Å². The van der Waals surface area contributed by atoms with Crippen molar-refractivity contribution in [1.82, 2.24) is 0 Å². The van der Waals surface area contributed by atoms with E-state index >= 15 is 0 Å². The highest BCUT2D eigenvalue weighted by Crippen LogP contribution is 2.18. The molecule has 0 heterocycles. The third kappa shape index (κ3) is 3.05. The zero-order valence-corrected chi connectivity index (χ0v) is 11.0. The van der Waals surface area contributed by atoms with Crippen LogP contribution in [0.5, 0.6) is 5.75 Å². The highest BCUT2D eigenvalue weighted by Gasteiger charge is 2.11. The van der Waals surface area contributed by atoms with Crippen LogP contribution in [0.3, 0.4) is 0 Å². The van der Waals surface area contributed by atoms with Gasteiger partial charge in [-0.2, -0.15) is 0 Å². The van der Waals surface area contributed by atoms with E-state index in [0.29, 0.717) is 10.6 Å². The highest BCUT2D eigenvalue weighted by atomic mass is 32.8. The standard InChI is InChI=1S/C13H12O2S2/c1-11-7-9-13(10-8-11)17(14,16)15-12-5-3-2-4-6-12/h2-10H,1H3. The van der Waals surface area contributed by atoms with Crippen LogP contribution in [-0.4, -0.2) is 4.21 Å². The maximum atomic E-state index is 12.3. The summed E-state index contributed by atoms with van der Waals surface area (Å²) in [7, 11) is -2.90. The van der Waals surface area contributed by atoms with Gasteiger partial charge in [0.1, 0.15) is 5.75 Å². The van der Waals surface area contributed by atoms with Gasteiger partial charge in [0, 0.05) is 11.2 Å². The van der Waals surface area contributed by atoms with Crippen LogP contribution in [0.4, 0.5) is 0 Å². The van der Waals surface area contributed by atoms with Gasteiger partial charge in [0.05, 0.1) is 4.90 Å². The number of para-hydroxylation sites is 1. The largest absolute Gasteiger partial charge is 0.397 e. The van der Waals surface area contributed by atoms with Crippen LogP contribution < -0.4 is 4.18 Å². The van der Waals surface area contributed by atoms with Gasteiger partial charge in [0.15, 0.2) is 0 Å². The molecular weight excluding hydrogens is 252 g/mol. The first-order chi connectivity index (χ1) is 8.08. The van der Waals surface area contributed by atoms with Crippen molar-refractivity contribution in [3.05, 3.63) is 60.2 Å². The Morgan fingerprint density at radius 3 is 2.18 bits per heavy atom. The number of aryl methyl sites for hydroxylation is 1. The number of benzene rings is 2. The molecule has 88 valence electrons. The summed E-state index contributed by atoms with van der Waals surface area (Å²) in [5.74, 6) is 0.521. The molecule has 1 atom stereocenters. The number of rotatable bonds is 3. The molecule has 1 unspecified atom stereocenters. The van der Waals surface area contributed by atoms with Gasteiger partial charge in [-0.25, -0.2) is 4.21 Å². The third-order valence-corrected chi connectivity index (χ3v) is 4.30. The quantitative estimate of drug-likeness (QED) is 0.852. The normalized spacial score (nSPS) is 13.9. The van der Waals surface area contributed by atoms with E-state index in [-0.39, 0.29) is 0 Å². The molecule has 0 aliphatic rings. The lowest BCUT2D eigenvalue weighted by Crippen LogP contribution is -2.07. The minimum absolute atomic E-state index is 0.521. The maximum Gasteiger partial charge on any atom is 0.215 e. The molecule has 0 aromatic heterocycles. The average molecular weight is 264 g/mol. The highest BCUT2D eigenvalue weighted by molar-refractivity contribution is 8.30. The first kappa shape index (κ1) is 12.1. The predicted octanol–water partition coefficient (Wildman–Crippen LogP) is 3.09. The van der Waals surface area contributed by atoms with Gasteiger partial charge in [0.25, 0.3) is 0 Å². The van der Waals surface area contributed by atoms with Crippen LogP contribution in [0.1, 0.15) is 5.56 Å². The Kier molecular flexibility index (Phi) is 3.45. The summed E-state index contributed by atoms with van der Waals surface area (Å²) in [6, 6.07) is 16.2. The molecule has 4 heteroatoms. The van der Waals surface area contributed by atoms with E-state index in [1.165, 1.54) is 0 Å². The van der Waals surface area contributed by atoms with Crippen molar-refractivity contribution in [2.75, 3.05) is 0 Å². The minimum atomic E-state index is -2.90. The van der Waals surface area contributed by atoms with E-state index in [1.807, 2.05) is 37.3 Å². The molecule has 2 rings (SSSR count). The van der Waals surface area contributed by atoms with E-state index in [1.54, 1.807) is 24.3 Å². The van der Waals surface area contributed by atoms with Gasteiger partial charge in [-0.15, -0.1) is 0 Å². The molecule has 2 aromatic rings. The minimum Gasteiger partial charge on any atom is -0.397 e. The Morgan fingerprint density at radius 2 is 1.59 bits per heavy atom. The van der Waals surface area contributed by atoms with E-state index < -0.39 is 8.77 Å². The summed E-state index contributed by atoms with van der Waals surface area (Å²) in [6.45, 7) is 1.97. The summed E-state index contributed by atoms with van der Waals surface area (Å²) in [5, 5.41) is 0. The number of hydrogen-bond acceptors (Lipinski definition) is 3.